The second-order valence-corrected chi connectivity index (χ2v) is 8.24. The Hall–Kier alpha value is -4.35. The Bertz CT molecular complexity index is 1230. The molecule has 1 heterocycles. The highest BCUT2D eigenvalue weighted by Gasteiger charge is 2.32. The lowest BCUT2D eigenvalue weighted by atomic mass is 10.0. The van der Waals surface area contributed by atoms with Crippen molar-refractivity contribution < 1.29 is 27.5 Å². The number of rotatable bonds is 8. The fraction of sp³-hybridized carbons (Fsp3) is 0.250. The summed E-state index contributed by atoms with van der Waals surface area (Å²) in [6.45, 7) is 5.04. The van der Waals surface area contributed by atoms with Gasteiger partial charge in [-0.25, -0.2) is 14.8 Å². The maximum Gasteiger partial charge on any atom is 0.416 e. The fourth-order valence-corrected chi connectivity index (χ4v) is 3.23. The molecule has 3 amide bonds. The number of carbonyl (C=O) groups is 2. The molecule has 12 heteroatoms. The number of hydrogen-bond donors (Lipinski definition) is 4. The number of nitrogens with one attached hydrogen (secondary N) is 3. The van der Waals surface area contributed by atoms with Crippen molar-refractivity contribution in [3.05, 3.63) is 66.0 Å². The lowest BCUT2D eigenvalue weighted by molar-refractivity contribution is -0.138. The molecule has 0 aliphatic carbocycles. The number of anilines is 3. The van der Waals surface area contributed by atoms with E-state index in [2.05, 4.69) is 25.9 Å². The van der Waals surface area contributed by atoms with Crippen LogP contribution in [0.15, 0.2) is 54.9 Å². The number of amides is 3. The van der Waals surface area contributed by atoms with Crippen LogP contribution in [0.1, 0.15) is 25.0 Å². The molecule has 9 nitrogen and oxygen atoms in total. The zero-order valence-corrected chi connectivity index (χ0v) is 19.7. The molecular formula is C24H25F3N6O3. The fourth-order valence-electron chi connectivity index (χ4n) is 3.23. The Morgan fingerprint density at radius 1 is 0.972 bits per heavy atom. The molecule has 0 saturated carbocycles. The Labute approximate surface area is 205 Å². The van der Waals surface area contributed by atoms with Gasteiger partial charge in [0.25, 0.3) is 0 Å². The van der Waals surface area contributed by atoms with Crippen LogP contribution >= 0.6 is 0 Å². The standard InChI is InChI=1S/C24H25F3N6O3/c1-13(2)21(22(28)34)33-19-11-20(30-12-29-19)36-17-8-6-15(7-9-17)31-23(35)32-16-5-4-14(3)18(10-16)24(25,26)27/h4-13,21H,1-3H3,(H2,28,34)(H,29,30,33)(H2,31,32,35). The second kappa shape index (κ2) is 10.9. The van der Waals surface area contributed by atoms with Crippen LogP contribution in [0.25, 0.3) is 0 Å². The van der Waals surface area contributed by atoms with Crippen LogP contribution in [-0.4, -0.2) is 27.9 Å². The molecule has 0 radical (unpaired) electrons. The molecule has 190 valence electrons. The van der Waals surface area contributed by atoms with Gasteiger partial charge in [-0.15, -0.1) is 0 Å². The molecule has 0 fully saturated rings. The van der Waals surface area contributed by atoms with Gasteiger partial charge in [0.15, 0.2) is 0 Å². The highest BCUT2D eigenvalue weighted by atomic mass is 19.4. The lowest BCUT2D eigenvalue weighted by Crippen LogP contribution is -2.39. The number of urea groups is 1. The van der Waals surface area contributed by atoms with E-state index in [1.807, 2.05) is 13.8 Å². The van der Waals surface area contributed by atoms with Gasteiger partial charge in [-0.3, -0.25) is 4.79 Å². The summed E-state index contributed by atoms with van der Waals surface area (Å²) in [5.41, 5.74) is 5.04. The molecule has 5 N–H and O–H groups in total. The smallest absolute Gasteiger partial charge is 0.416 e. The number of benzene rings is 2. The average molecular weight is 502 g/mol. The van der Waals surface area contributed by atoms with Crippen LogP contribution in [-0.2, 0) is 11.0 Å². The zero-order chi connectivity index (χ0) is 26.5. The van der Waals surface area contributed by atoms with Gasteiger partial charge in [0.2, 0.25) is 11.8 Å². The lowest BCUT2D eigenvalue weighted by Gasteiger charge is -2.19. The topological polar surface area (TPSA) is 131 Å². The van der Waals surface area contributed by atoms with Crippen LogP contribution in [0.3, 0.4) is 0 Å². The summed E-state index contributed by atoms with van der Waals surface area (Å²) >= 11 is 0. The summed E-state index contributed by atoms with van der Waals surface area (Å²) in [5.74, 6) is 0.391. The van der Waals surface area contributed by atoms with Gasteiger partial charge in [-0.1, -0.05) is 19.9 Å². The van der Waals surface area contributed by atoms with Crippen LogP contribution in [0.5, 0.6) is 11.6 Å². The van der Waals surface area contributed by atoms with Crippen molar-refractivity contribution in [2.24, 2.45) is 11.7 Å². The van der Waals surface area contributed by atoms with Gasteiger partial charge in [-0.05, 0) is 54.8 Å². The van der Waals surface area contributed by atoms with E-state index in [9.17, 15) is 22.8 Å². The van der Waals surface area contributed by atoms with Crippen molar-refractivity contribution in [2.75, 3.05) is 16.0 Å². The highest BCUT2D eigenvalue weighted by Crippen LogP contribution is 2.33. The maximum atomic E-state index is 13.1. The largest absolute Gasteiger partial charge is 0.439 e. The number of primary amides is 1. The van der Waals surface area contributed by atoms with Crippen LogP contribution in [0.2, 0.25) is 0 Å². The van der Waals surface area contributed by atoms with Gasteiger partial charge in [0.05, 0.1) is 5.56 Å². The third kappa shape index (κ3) is 7.08. The summed E-state index contributed by atoms with van der Waals surface area (Å²) in [7, 11) is 0. The van der Waals surface area contributed by atoms with Crippen LogP contribution < -0.4 is 26.4 Å². The van der Waals surface area contributed by atoms with E-state index >= 15 is 0 Å². The quantitative estimate of drug-likeness (QED) is 0.336. The van der Waals surface area contributed by atoms with E-state index < -0.39 is 29.7 Å². The average Bonchev–Trinajstić information content (AvgIpc) is 2.79. The van der Waals surface area contributed by atoms with E-state index in [1.165, 1.54) is 31.5 Å². The normalized spacial score (nSPS) is 12.1. The molecule has 0 saturated heterocycles. The molecule has 1 aromatic heterocycles. The summed E-state index contributed by atoms with van der Waals surface area (Å²) in [6, 6.07) is 9.97. The van der Waals surface area contributed by atoms with Crippen LogP contribution in [0, 0.1) is 12.8 Å². The molecule has 1 unspecified atom stereocenters. The van der Waals surface area contributed by atoms with E-state index in [1.54, 1.807) is 24.3 Å². The summed E-state index contributed by atoms with van der Waals surface area (Å²) in [4.78, 5) is 31.9. The molecule has 1 atom stereocenters. The van der Waals surface area contributed by atoms with Gasteiger partial charge in [0.1, 0.15) is 23.9 Å². The number of aryl methyl sites for hydroxylation is 1. The van der Waals surface area contributed by atoms with Crippen molar-refractivity contribution in [3.63, 3.8) is 0 Å². The van der Waals surface area contributed by atoms with Crippen molar-refractivity contribution in [2.45, 2.75) is 33.0 Å². The van der Waals surface area contributed by atoms with Gasteiger partial charge >= 0.3 is 12.2 Å². The second-order valence-electron chi connectivity index (χ2n) is 8.24. The number of halogens is 3. The molecule has 0 aliphatic heterocycles. The van der Waals surface area contributed by atoms with E-state index in [0.29, 0.717) is 17.3 Å². The first-order valence-electron chi connectivity index (χ1n) is 10.8. The summed E-state index contributed by atoms with van der Waals surface area (Å²) in [5, 5.41) is 7.87. The van der Waals surface area contributed by atoms with Crippen molar-refractivity contribution >= 4 is 29.1 Å². The van der Waals surface area contributed by atoms with Gasteiger partial charge in [-0.2, -0.15) is 13.2 Å². The molecule has 3 aromatic rings. The van der Waals surface area contributed by atoms with Gasteiger partial charge < -0.3 is 26.4 Å². The molecular weight excluding hydrogens is 477 g/mol. The maximum absolute atomic E-state index is 13.1. The van der Waals surface area contributed by atoms with Crippen LogP contribution in [0.4, 0.5) is 35.2 Å². The number of carbonyl (C=O) groups excluding carboxylic acids is 2. The zero-order valence-electron chi connectivity index (χ0n) is 19.7. The summed E-state index contributed by atoms with van der Waals surface area (Å²) in [6.07, 6.45) is -3.25. The number of hydrogen-bond acceptors (Lipinski definition) is 6. The number of nitrogens with two attached hydrogens (primary N) is 1. The van der Waals surface area contributed by atoms with E-state index in [0.717, 1.165) is 6.07 Å². The first kappa shape index (κ1) is 26.3. The molecule has 0 spiro atoms. The highest BCUT2D eigenvalue weighted by molar-refractivity contribution is 5.99. The Kier molecular flexibility index (Phi) is 7.97. The van der Waals surface area contributed by atoms with Crippen molar-refractivity contribution in [1.82, 2.24) is 9.97 Å². The van der Waals surface area contributed by atoms with Gasteiger partial charge in [0, 0.05) is 17.4 Å². The first-order valence-corrected chi connectivity index (χ1v) is 10.8. The van der Waals surface area contributed by atoms with E-state index in [4.69, 9.17) is 10.5 Å². The van der Waals surface area contributed by atoms with Crippen molar-refractivity contribution in [1.29, 1.82) is 0 Å². The third-order valence-corrected chi connectivity index (χ3v) is 5.05. The molecule has 0 aliphatic rings. The molecule has 2 aromatic carbocycles. The number of nitrogens with zero attached hydrogens (tertiary/aromatic N) is 2. The minimum Gasteiger partial charge on any atom is -0.439 e. The Morgan fingerprint density at radius 3 is 2.22 bits per heavy atom. The minimum absolute atomic E-state index is 0.00888. The predicted molar refractivity (Wildman–Crippen MR) is 129 cm³/mol. The predicted octanol–water partition coefficient (Wildman–Crippen LogP) is 5.16. The Morgan fingerprint density at radius 2 is 1.61 bits per heavy atom. The monoisotopic (exact) mass is 502 g/mol. The number of ether oxygens (including phenoxy) is 1. The number of alkyl halides is 3. The minimum atomic E-state index is -4.52. The molecule has 0 bridgehead atoms. The Balaban J connectivity index is 1.61. The summed E-state index contributed by atoms with van der Waals surface area (Å²) < 4.78 is 44.9. The molecule has 36 heavy (non-hydrogen) atoms. The first-order chi connectivity index (χ1) is 16.9. The number of aromatic nitrogens is 2. The molecule has 3 rings (SSSR count). The SMILES string of the molecule is Cc1ccc(NC(=O)Nc2ccc(Oc3cc(NC(C(N)=O)C(C)C)ncn3)cc2)cc1C(F)(F)F. The third-order valence-electron chi connectivity index (χ3n) is 5.05. The van der Waals surface area contributed by atoms with E-state index in [-0.39, 0.29) is 23.0 Å². The van der Waals surface area contributed by atoms with Crippen molar-refractivity contribution in [3.8, 4) is 11.6 Å².